The van der Waals surface area contributed by atoms with Crippen molar-refractivity contribution in [2.75, 3.05) is 5.32 Å². The number of carbonyl (C=O) groups is 1. The molecule has 0 heterocycles. The quantitative estimate of drug-likeness (QED) is 0.647. The van der Waals surface area contributed by atoms with Crippen molar-refractivity contribution in [2.24, 2.45) is 0 Å². The Hall–Kier alpha value is -2.98. The van der Waals surface area contributed by atoms with Crippen LogP contribution in [0.3, 0.4) is 0 Å². The summed E-state index contributed by atoms with van der Waals surface area (Å²) in [5.74, 6) is -0.476. The molecule has 142 valence electrons. The van der Waals surface area contributed by atoms with Crippen molar-refractivity contribution in [1.82, 2.24) is 5.32 Å². The van der Waals surface area contributed by atoms with E-state index >= 15 is 0 Å². The van der Waals surface area contributed by atoms with Gasteiger partial charge in [0.25, 0.3) is 0 Å². The SMILES string of the molecule is O=C(Nc1ccc(F)cc1)[C@@H](N[C@@H]1CCCc2ccccc21)c1ccccc1. The normalized spacial score (nSPS) is 16.8. The van der Waals surface area contributed by atoms with Crippen LogP contribution < -0.4 is 10.6 Å². The molecule has 4 rings (SSSR count). The van der Waals surface area contributed by atoms with Crippen LogP contribution in [0, 0.1) is 5.82 Å². The predicted octanol–water partition coefficient (Wildman–Crippen LogP) is 5.17. The maximum absolute atomic E-state index is 13.2. The van der Waals surface area contributed by atoms with E-state index in [1.807, 2.05) is 30.3 Å². The highest BCUT2D eigenvalue weighted by atomic mass is 19.1. The second kappa shape index (κ2) is 8.36. The molecule has 0 spiro atoms. The Labute approximate surface area is 164 Å². The number of aryl methyl sites for hydroxylation is 1. The molecular weight excluding hydrogens is 351 g/mol. The molecule has 3 nitrogen and oxygen atoms in total. The van der Waals surface area contributed by atoms with Gasteiger partial charge in [-0.3, -0.25) is 10.1 Å². The summed E-state index contributed by atoms with van der Waals surface area (Å²) in [7, 11) is 0. The van der Waals surface area contributed by atoms with Crippen LogP contribution in [0.25, 0.3) is 0 Å². The minimum absolute atomic E-state index is 0.120. The Kier molecular flexibility index (Phi) is 5.49. The lowest BCUT2D eigenvalue weighted by Crippen LogP contribution is -2.36. The average Bonchev–Trinajstić information content (AvgIpc) is 2.74. The van der Waals surface area contributed by atoms with Crippen LogP contribution in [0.2, 0.25) is 0 Å². The first-order chi connectivity index (χ1) is 13.7. The lowest BCUT2D eigenvalue weighted by molar-refractivity contribution is -0.118. The van der Waals surface area contributed by atoms with E-state index in [2.05, 4.69) is 34.9 Å². The van der Waals surface area contributed by atoms with Gasteiger partial charge in [0.2, 0.25) is 5.91 Å². The number of benzene rings is 3. The van der Waals surface area contributed by atoms with Crippen LogP contribution in [0.4, 0.5) is 10.1 Å². The van der Waals surface area contributed by atoms with Crippen molar-refractivity contribution in [2.45, 2.75) is 31.3 Å². The van der Waals surface area contributed by atoms with Crippen LogP contribution in [-0.4, -0.2) is 5.91 Å². The molecule has 0 radical (unpaired) electrons. The van der Waals surface area contributed by atoms with Gasteiger partial charge in [-0.15, -0.1) is 0 Å². The molecule has 0 bridgehead atoms. The van der Waals surface area contributed by atoms with Gasteiger partial charge in [-0.2, -0.15) is 0 Å². The molecule has 0 saturated carbocycles. The van der Waals surface area contributed by atoms with Gasteiger partial charge in [0.1, 0.15) is 11.9 Å². The molecule has 2 N–H and O–H groups in total. The molecule has 1 amide bonds. The van der Waals surface area contributed by atoms with Crippen molar-refractivity contribution in [3.8, 4) is 0 Å². The smallest absolute Gasteiger partial charge is 0.246 e. The van der Waals surface area contributed by atoms with Gasteiger partial charge >= 0.3 is 0 Å². The van der Waals surface area contributed by atoms with Crippen molar-refractivity contribution < 1.29 is 9.18 Å². The van der Waals surface area contributed by atoms with E-state index in [0.29, 0.717) is 5.69 Å². The van der Waals surface area contributed by atoms with Gasteiger partial charge in [-0.1, -0.05) is 54.6 Å². The zero-order valence-corrected chi connectivity index (χ0v) is 15.6. The fourth-order valence-corrected chi connectivity index (χ4v) is 3.84. The molecular formula is C24H23FN2O. The Balaban J connectivity index is 1.60. The Morgan fingerprint density at radius 3 is 2.43 bits per heavy atom. The molecule has 1 aliphatic rings. The minimum Gasteiger partial charge on any atom is -0.324 e. The van der Waals surface area contributed by atoms with Crippen LogP contribution in [0.15, 0.2) is 78.9 Å². The highest BCUT2D eigenvalue weighted by molar-refractivity contribution is 5.95. The zero-order chi connectivity index (χ0) is 19.3. The second-order valence-electron chi connectivity index (χ2n) is 7.15. The molecule has 3 aromatic rings. The van der Waals surface area contributed by atoms with Crippen molar-refractivity contribution in [1.29, 1.82) is 0 Å². The molecule has 4 heteroatoms. The Morgan fingerprint density at radius 1 is 0.929 bits per heavy atom. The Bertz CT molecular complexity index is 940. The van der Waals surface area contributed by atoms with Crippen LogP contribution >= 0.6 is 0 Å². The molecule has 28 heavy (non-hydrogen) atoms. The maximum Gasteiger partial charge on any atom is 0.246 e. The fourth-order valence-electron chi connectivity index (χ4n) is 3.84. The topological polar surface area (TPSA) is 41.1 Å². The van der Waals surface area contributed by atoms with E-state index < -0.39 is 6.04 Å². The number of carbonyl (C=O) groups excluding carboxylic acids is 1. The van der Waals surface area contributed by atoms with E-state index in [1.54, 1.807) is 12.1 Å². The van der Waals surface area contributed by atoms with E-state index in [-0.39, 0.29) is 17.8 Å². The standard InChI is InChI=1S/C24H23FN2O/c25-19-13-15-20(16-14-19)26-24(28)23(18-8-2-1-3-9-18)27-22-12-6-10-17-7-4-5-11-21(17)22/h1-5,7-9,11,13-16,22-23,27H,6,10,12H2,(H,26,28)/t22-,23+/m1/s1. The highest BCUT2D eigenvalue weighted by Gasteiger charge is 2.27. The van der Waals surface area contributed by atoms with Gasteiger partial charge in [0, 0.05) is 11.7 Å². The minimum atomic E-state index is -0.498. The summed E-state index contributed by atoms with van der Waals surface area (Å²) in [6, 6.07) is 23.6. The Morgan fingerprint density at radius 2 is 1.64 bits per heavy atom. The molecule has 3 aromatic carbocycles. The molecule has 1 aliphatic carbocycles. The van der Waals surface area contributed by atoms with Gasteiger partial charge in [-0.05, 0) is 60.2 Å². The van der Waals surface area contributed by atoms with Crippen LogP contribution in [0.5, 0.6) is 0 Å². The number of rotatable bonds is 5. The lowest BCUT2D eigenvalue weighted by atomic mass is 9.87. The third-order valence-electron chi connectivity index (χ3n) is 5.24. The van der Waals surface area contributed by atoms with E-state index in [9.17, 15) is 9.18 Å². The van der Waals surface area contributed by atoms with E-state index in [1.165, 1.54) is 23.3 Å². The van der Waals surface area contributed by atoms with Gasteiger partial charge in [0.05, 0.1) is 0 Å². The van der Waals surface area contributed by atoms with Crippen molar-refractivity contribution in [3.05, 3.63) is 101 Å². The molecule has 0 fully saturated rings. The predicted molar refractivity (Wildman–Crippen MR) is 109 cm³/mol. The first kappa shape index (κ1) is 18.4. The van der Waals surface area contributed by atoms with Crippen LogP contribution in [-0.2, 0) is 11.2 Å². The monoisotopic (exact) mass is 374 g/mol. The third-order valence-corrected chi connectivity index (χ3v) is 5.24. The summed E-state index contributed by atoms with van der Waals surface area (Å²) in [5.41, 5.74) is 4.10. The van der Waals surface area contributed by atoms with Gasteiger partial charge < -0.3 is 5.32 Å². The van der Waals surface area contributed by atoms with E-state index in [4.69, 9.17) is 0 Å². The number of amides is 1. The largest absolute Gasteiger partial charge is 0.324 e. The lowest BCUT2D eigenvalue weighted by Gasteiger charge is -2.30. The number of anilines is 1. The summed E-state index contributed by atoms with van der Waals surface area (Å²) >= 11 is 0. The van der Waals surface area contributed by atoms with E-state index in [0.717, 1.165) is 24.8 Å². The average molecular weight is 374 g/mol. The highest BCUT2D eigenvalue weighted by Crippen LogP contribution is 2.32. The zero-order valence-electron chi connectivity index (χ0n) is 15.6. The first-order valence-corrected chi connectivity index (χ1v) is 9.66. The van der Waals surface area contributed by atoms with Crippen LogP contribution in [0.1, 0.15) is 41.6 Å². The first-order valence-electron chi connectivity index (χ1n) is 9.66. The number of hydrogen-bond acceptors (Lipinski definition) is 2. The molecule has 0 unspecified atom stereocenters. The fraction of sp³-hybridized carbons (Fsp3) is 0.208. The summed E-state index contributed by atoms with van der Waals surface area (Å²) < 4.78 is 13.2. The summed E-state index contributed by atoms with van der Waals surface area (Å²) in [4.78, 5) is 13.1. The molecule has 0 saturated heterocycles. The summed E-state index contributed by atoms with van der Waals surface area (Å²) in [6.45, 7) is 0. The molecule has 0 aromatic heterocycles. The second-order valence-corrected chi connectivity index (χ2v) is 7.15. The van der Waals surface area contributed by atoms with Gasteiger partial charge in [0.15, 0.2) is 0 Å². The van der Waals surface area contributed by atoms with Gasteiger partial charge in [-0.25, -0.2) is 4.39 Å². The number of halogens is 1. The number of nitrogens with one attached hydrogen (secondary N) is 2. The third kappa shape index (κ3) is 4.12. The summed E-state index contributed by atoms with van der Waals surface area (Å²) in [6.07, 6.45) is 3.16. The summed E-state index contributed by atoms with van der Waals surface area (Å²) in [5, 5.41) is 6.49. The molecule has 2 atom stereocenters. The number of fused-ring (bicyclic) bond motifs is 1. The van der Waals surface area contributed by atoms with Crippen molar-refractivity contribution in [3.63, 3.8) is 0 Å². The maximum atomic E-state index is 13.2. The van der Waals surface area contributed by atoms with Crippen molar-refractivity contribution >= 4 is 11.6 Å². The molecule has 0 aliphatic heterocycles. The number of hydrogen-bond donors (Lipinski definition) is 2.